The van der Waals surface area contributed by atoms with Crippen LogP contribution in [0.4, 0.5) is 0 Å². The predicted octanol–water partition coefficient (Wildman–Crippen LogP) is 1.01. The van der Waals surface area contributed by atoms with Gasteiger partial charge in [0.25, 0.3) is 0 Å². The van der Waals surface area contributed by atoms with Gasteiger partial charge in [0.1, 0.15) is 0 Å². The number of piperazine rings is 1. The maximum absolute atomic E-state index is 3.39. The quantitative estimate of drug-likeness (QED) is 0.710. The van der Waals surface area contributed by atoms with Crippen LogP contribution in [0.25, 0.3) is 0 Å². The van der Waals surface area contributed by atoms with Crippen LogP contribution in [-0.4, -0.2) is 62.7 Å². The summed E-state index contributed by atoms with van der Waals surface area (Å²) in [4.78, 5) is 4.94. The number of rotatable bonds is 6. The summed E-state index contributed by atoms with van der Waals surface area (Å²) in [6.45, 7) is 8.38. The van der Waals surface area contributed by atoms with Crippen LogP contribution < -0.4 is 5.32 Å². The van der Waals surface area contributed by atoms with E-state index in [9.17, 15) is 0 Å². The van der Waals surface area contributed by atoms with Crippen LogP contribution >= 0.6 is 0 Å². The highest BCUT2D eigenvalue weighted by Crippen LogP contribution is 2.08. The summed E-state index contributed by atoms with van der Waals surface area (Å²) in [5.74, 6) is 0. The van der Waals surface area contributed by atoms with Gasteiger partial charge < -0.3 is 15.1 Å². The van der Waals surface area contributed by atoms with E-state index in [-0.39, 0.29) is 0 Å². The highest BCUT2D eigenvalue weighted by atomic mass is 15.2. The number of nitrogens with one attached hydrogen (secondary N) is 1. The first-order valence-corrected chi connectivity index (χ1v) is 6.33. The van der Waals surface area contributed by atoms with Crippen LogP contribution in [-0.2, 0) is 0 Å². The third-order valence-corrected chi connectivity index (χ3v) is 3.42. The fraction of sp³-hybridized carbons (Fsp3) is 1.00. The van der Waals surface area contributed by atoms with Crippen LogP contribution in [0.15, 0.2) is 0 Å². The van der Waals surface area contributed by atoms with Gasteiger partial charge >= 0.3 is 0 Å². The Balaban J connectivity index is 2.08. The molecule has 0 aromatic carbocycles. The molecule has 1 heterocycles. The molecule has 0 aliphatic carbocycles. The van der Waals surface area contributed by atoms with Gasteiger partial charge in [-0.3, -0.25) is 0 Å². The van der Waals surface area contributed by atoms with Gasteiger partial charge in [-0.15, -0.1) is 0 Å². The Labute approximate surface area is 94.8 Å². The van der Waals surface area contributed by atoms with E-state index < -0.39 is 0 Å². The van der Waals surface area contributed by atoms with E-state index >= 15 is 0 Å². The summed E-state index contributed by atoms with van der Waals surface area (Å²) in [5, 5.41) is 3.39. The minimum absolute atomic E-state index is 0.771. The third-order valence-electron chi connectivity index (χ3n) is 3.42. The second kappa shape index (κ2) is 7.20. The van der Waals surface area contributed by atoms with E-state index in [2.05, 4.69) is 36.1 Å². The SMILES string of the molecule is CCC(CCCN1CCNCC1)N(C)C. The molecule has 1 aliphatic heterocycles. The molecule has 0 radical (unpaired) electrons. The van der Waals surface area contributed by atoms with Crippen molar-refractivity contribution >= 4 is 0 Å². The predicted molar refractivity (Wildman–Crippen MR) is 66.3 cm³/mol. The summed E-state index contributed by atoms with van der Waals surface area (Å²) >= 11 is 0. The third kappa shape index (κ3) is 4.96. The number of hydrogen-bond acceptors (Lipinski definition) is 3. The molecule has 1 rings (SSSR count). The lowest BCUT2D eigenvalue weighted by Gasteiger charge is -2.28. The molecule has 0 aromatic heterocycles. The highest BCUT2D eigenvalue weighted by Gasteiger charge is 2.11. The molecule has 1 N–H and O–H groups in total. The minimum Gasteiger partial charge on any atom is -0.314 e. The number of nitrogens with zero attached hydrogens (tertiary/aromatic N) is 2. The Hall–Kier alpha value is -0.120. The smallest absolute Gasteiger partial charge is 0.0107 e. The van der Waals surface area contributed by atoms with Crippen molar-refractivity contribution in [1.82, 2.24) is 15.1 Å². The standard InChI is InChI=1S/C12H27N3/c1-4-12(14(2)3)6-5-9-15-10-7-13-8-11-15/h12-13H,4-11H2,1-3H3. The van der Waals surface area contributed by atoms with Crippen molar-refractivity contribution in [3.63, 3.8) is 0 Å². The topological polar surface area (TPSA) is 18.5 Å². The molecule has 3 nitrogen and oxygen atoms in total. The van der Waals surface area contributed by atoms with Crippen LogP contribution in [0.2, 0.25) is 0 Å². The lowest BCUT2D eigenvalue weighted by molar-refractivity contribution is 0.214. The van der Waals surface area contributed by atoms with Gasteiger partial charge in [0.15, 0.2) is 0 Å². The van der Waals surface area contributed by atoms with Crippen LogP contribution in [0.5, 0.6) is 0 Å². The molecule has 0 amide bonds. The zero-order valence-electron chi connectivity index (χ0n) is 10.6. The Bertz CT molecular complexity index is 153. The first kappa shape index (κ1) is 12.9. The van der Waals surface area contributed by atoms with Gasteiger partial charge in [0, 0.05) is 32.2 Å². The second-order valence-electron chi connectivity index (χ2n) is 4.76. The Kier molecular flexibility index (Phi) is 6.22. The van der Waals surface area contributed by atoms with Gasteiger partial charge in [-0.2, -0.15) is 0 Å². The van der Waals surface area contributed by atoms with Crippen LogP contribution in [0.1, 0.15) is 26.2 Å². The first-order chi connectivity index (χ1) is 7.24. The Morgan fingerprint density at radius 1 is 1.27 bits per heavy atom. The zero-order valence-corrected chi connectivity index (χ0v) is 10.6. The van der Waals surface area contributed by atoms with E-state index in [1.807, 2.05) is 0 Å². The van der Waals surface area contributed by atoms with E-state index in [4.69, 9.17) is 0 Å². The van der Waals surface area contributed by atoms with Crippen molar-refractivity contribution in [1.29, 1.82) is 0 Å². The molecular formula is C12H27N3. The first-order valence-electron chi connectivity index (χ1n) is 6.33. The summed E-state index contributed by atoms with van der Waals surface area (Å²) in [6, 6.07) is 0.771. The minimum atomic E-state index is 0.771. The normalized spacial score (nSPS) is 20.8. The molecule has 3 heteroatoms. The maximum Gasteiger partial charge on any atom is 0.0107 e. The highest BCUT2D eigenvalue weighted by molar-refractivity contribution is 4.70. The zero-order chi connectivity index (χ0) is 11.1. The van der Waals surface area contributed by atoms with E-state index in [0.29, 0.717) is 0 Å². The molecule has 1 saturated heterocycles. The molecule has 0 bridgehead atoms. The van der Waals surface area contributed by atoms with E-state index in [1.165, 1.54) is 52.0 Å². The van der Waals surface area contributed by atoms with Crippen molar-refractivity contribution in [2.24, 2.45) is 0 Å². The maximum atomic E-state index is 3.39. The Morgan fingerprint density at radius 2 is 1.93 bits per heavy atom. The van der Waals surface area contributed by atoms with Gasteiger partial charge in [0.2, 0.25) is 0 Å². The molecule has 0 spiro atoms. The van der Waals surface area contributed by atoms with Crippen molar-refractivity contribution < 1.29 is 0 Å². The van der Waals surface area contributed by atoms with Crippen molar-refractivity contribution in [3.05, 3.63) is 0 Å². The molecular weight excluding hydrogens is 186 g/mol. The van der Waals surface area contributed by atoms with E-state index in [1.54, 1.807) is 0 Å². The Morgan fingerprint density at radius 3 is 2.47 bits per heavy atom. The number of hydrogen-bond donors (Lipinski definition) is 1. The second-order valence-corrected chi connectivity index (χ2v) is 4.76. The molecule has 1 atom stereocenters. The van der Waals surface area contributed by atoms with E-state index in [0.717, 1.165) is 6.04 Å². The molecule has 0 aromatic rings. The lowest BCUT2D eigenvalue weighted by Crippen LogP contribution is -2.44. The molecule has 1 unspecified atom stereocenters. The van der Waals surface area contributed by atoms with Gasteiger partial charge in [-0.1, -0.05) is 6.92 Å². The molecule has 90 valence electrons. The van der Waals surface area contributed by atoms with Gasteiger partial charge in [-0.05, 0) is 39.9 Å². The summed E-state index contributed by atoms with van der Waals surface area (Å²) in [7, 11) is 4.39. The monoisotopic (exact) mass is 213 g/mol. The largest absolute Gasteiger partial charge is 0.314 e. The molecule has 15 heavy (non-hydrogen) atoms. The fourth-order valence-corrected chi connectivity index (χ4v) is 2.31. The summed E-state index contributed by atoms with van der Waals surface area (Å²) in [6.07, 6.45) is 3.96. The average Bonchev–Trinajstić information content (AvgIpc) is 2.25. The van der Waals surface area contributed by atoms with Crippen molar-refractivity contribution in [2.45, 2.75) is 32.2 Å². The van der Waals surface area contributed by atoms with Gasteiger partial charge in [-0.25, -0.2) is 0 Å². The van der Waals surface area contributed by atoms with Crippen LogP contribution in [0.3, 0.4) is 0 Å². The summed E-state index contributed by atoms with van der Waals surface area (Å²) in [5.41, 5.74) is 0. The molecule has 0 saturated carbocycles. The summed E-state index contributed by atoms with van der Waals surface area (Å²) < 4.78 is 0. The van der Waals surface area contributed by atoms with Crippen molar-refractivity contribution in [2.75, 3.05) is 46.8 Å². The fourth-order valence-electron chi connectivity index (χ4n) is 2.31. The van der Waals surface area contributed by atoms with Crippen molar-refractivity contribution in [3.8, 4) is 0 Å². The van der Waals surface area contributed by atoms with Crippen LogP contribution in [0, 0.1) is 0 Å². The molecule has 1 aliphatic rings. The average molecular weight is 213 g/mol. The van der Waals surface area contributed by atoms with Gasteiger partial charge in [0.05, 0.1) is 0 Å². The molecule has 1 fully saturated rings. The lowest BCUT2D eigenvalue weighted by atomic mass is 10.1.